The number of amidine groups is 1. The molecule has 1 aliphatic rings. The first-order valence-corrected chi connectivity index (χ1v) is 10.4. The SMILES string of the molecule is CNC(=O)[C@H](Cc1ccc(C2=NOOCN2)cc1)NC(=O)c1ccc(OC(C)C)c(Cl)c1. The molecule has 0 saturated heterocycles. The molecule has 3 N–H and O–H groups in total. The summed E-state index contributed by atoms with van der Waals surface area (Å²) in [5.41, 5.74) is 1.99. The van der Waals surface area contributed by atoms with Gasteiger partial charge in [-0.25, -0.2) is 4.99 Å². The Labute approximate surface area is 191 Å². The Morgan fingerprint density at radius 2 is 1.97 bits per heavy atom. The number of amides is 2. The zero-order chi connectivity index (χ0) is 23.1. The van der Waals surface area contributed by atoms with Gasteiger partial charge in [0.1, 0.15) is 11.8 Å². The summed E-state index contributed by atoms with van der Waals surface area (Å²) in [5, 5.41) is 12.4. The van der Waals surface area contributed by atoms with Gasteiger partial charge in [-0.3, -0.25) is 9.59 Å². The molecule has 0 aromatic heterocycles. The van der Waals surface area contributed by atoms with Crippen molar-refractivity contribution in [1.29, 1.82) is 0 Å². The smallest absolute Gasteiger partial charge is 0.251 e. The van der Waals surface area contributed by atoms with Gasteiger partial charge in [-0.05, 0) is 42.8 Å². The molecule has 1 aliphatic heterocycles. The maximum absolute atomic E-state index is 12.8. The predicted molar refractivity (Wildman–Crippen MR) is 119 cm³/mol. The molecule has 10 heteroatoms. The van der Waals surface area contributed by atoms with Crippen LogP contribution < -0.4 is 20.7 Å². The maximum atomic E-state index is 12.8. The van der Waals surface area contributed by atoms with Gasteiger partial charge in [-0.1, -0.05) is 35.9 Å². The number of oxime groups is 1. The van der Waals surface area contributed by atoms with Crippen LogP contribution in [0.2, 0.25) is 5.02 Å². The van der Waals surface area contributed by atoms with Gasteiger partial charge in [0.25, 0.3) is 5.91 Å². The molecule has 0 aliphatic carbocycles. The van der Waals surface area contributed by atoms with Gasteiger partial charge in [-0.2, -0.15) is 0 Å². The number of nitrogens with one attached hydrogen (secondary N) is 3. The zero-order valence-corrected chi connectivity index (χ0v) is 18.7. The van der Waals surface area contributed by atoms with E-state index in [9.17, 15) is 9.59 Å². The Bertz CT molecular complexity index is 994. The number of carbonyl (C=O) groups is 2. The number of hydrogen-bond acceptors (Lipinski definition) is 7. The topological polar surface area (TPSA) is 110 Å². The van der Waals surface area contributed by atoms with Crippen molar-refractivity contribution in [2.75, 3.05) is 13.8 Å². The third-order valence-corrected chi connectivity index (χ3v) is 4.87. The van der Waals surface area contributed by atoms with Crippen molar-refractivity contribution < 1.29 is 24.2 Å². The summed E-state index contributed by atoms with van der Waals surface area (Å²) in [6.45, 7) is 3.97. The van der Waals surface area contributed by atoms with Crippen LogP contribution in [0.5, 0.6) is 5.75 Å². The minimum atomic E-state index is -0.773. The highest BCUT2D eigenvalue weighted by molar-refractivity contribution is 6.32. The number of benzene rings is 2. The molecule has 2 aromatic carbocycles. The first kappa shape index (κ1) is 23.4. The van der Waals surface area contributed by atoms with Crippen molar-refractivity contribution in [3.63, 3.8) is 0 Å². The van der Waals surface area contributed by atoms with Crippen LogP contribution in [0.15, 0.2) is 47.6 Å². The summed E-state index contributed by atoms with van der Waals surface area (Å²) >= 11 is 6.24. The van der Waals surface area contributed by atoms with Gasteiger partial charge in [0.15, 0.2) is 12.6 Å². The molecule has 0 saturated carbocycles. The molecule has 0 unspecified atom stereocenters. The standard InChI is InChI=1S/C22H25ClN4O5/c1-13(2)31-19-9-8-16(11-17(19)23)21(28)26-18(22(29)24-3)10-14-4-6-15(7-5-14)20-25-12-30-32-27-20/h4-9,11,13,18H,10,12H2,1-3H3,(H,24,29)(H,25,27)(H,26,28)/t18-/m0/s1. The lowest BCUT2D eigenvalue weighted by atomic mass is 10.0. The zero-order valence-electron chi connectivity index (χ0n) is 18.0. The quantitative estimate of drug-likeness (QED) is 0.522. The Morgan fingerprint density at radius 1 is 1.22 bits per heavy atom. The van der Waals surface area contributed by atoms with Crippen molar-refractivity contribution in [3.8, 4) is 5.75 Å². The molecular formula is C22H25ClN4O5. The number of carbonyl (C=O) groups excluding carboxylic acids is 2. The maximum Gasteiger partial charge on any atom is 0.251 e. The summed E-state index contributed by atoms with van der Waals surface area (Å²) < 4.78 is 5.59. The summed E-state index contributed by atoms with van der Waals surface area (Å²) in [6, 6.07) is 11.4. The van der Waals surface area contributed by atoms with Crippen LogP contribution in [0, 0.1) is 0 Å². The number of nitrogens with zero attached hydrogens (tertiary/aromatic N) is 1. The molecule has 0 radical (unpaired) electrons. The molecular weight excluding hydrogens is 436 g/mol. The van der Waals surface area contributed by atoms with E-state index in [1.165, 1.54) is 13.1 Å². The number of halogens is 1. The van der Waals surface area contributed by atoms with E-state index < -0.39 is 11.9 Å². The highest BCUT2D eigenvalue weighted by atomic mass is 35.5. The molecule has 170 valence electrons. The van der Waals surface area contributed by atoms with E-state index in [1.807, 2.05) is 38.1 Å². The number of hydrogen-bond donors (Lipinski definition) is 3. The molecule has 2 aromatic rings. The van der Waals surface area contributed by atoms with Gasteiger partial charge in [0.05, 0.1) is 11.1 Å². The van der Waals surface area contributed by atoms with Crippen molar-refractivity contribution in [1.82, 2.24) is 16.0 Å². The van der Waals surface area contributed by atoms with Gasteiger partial charge >= 0.3 is 0 Å². The summed E-state index contributed by atoms with van der Waals surface area (Å²) in [5.74, 6) is 0.319. The number of likely N-dealkylation sites (N-methyl/N-ethyl adjacent to an activating group) is 1. The Morgan fingerprint density at radius 3 is 2.56 bits per heavy atom. The van der Waals surface area contributed by atoms with Crippen LogP contribution >= 0.6 is 11.6 Å². The number of ether oxygens (including phenoxy) is 1. The second kappa shape index (κ2) is 10.8. The highest BCUT2D eigenvalue weighted by Crippen LogP contribution is 2.26. The van der Waals surface area contributed by atoms with Crippen LogP contribution in [0.3, 0.4) is 0 Å². The fraction of sp³-hybridized carbons (Fsp3) is 0.318. The second-order valence-electron chi connectivity index (χ2n) is 7.31. The molecule has 0 bridgehead atoms. The lowest BCUT2D eigenvalue weighted by Gasteiger charge is -2.18. The van der Waals surface area contributed by atoms with Crippen molar-refractivity contribution in [2.24, 2.45) is 5.16 Å². The van der Waals surface area contributed by atoms with Crippen LogP contribution in [-0.4, -0.2) is 43.6 Å². The highest BCUT2D eigenvalue weighted by Gasteiger charge is 2.22. The van der Waals surface area contributed by atoms with Crippen molar-refractivity contribution in [2.45, 2.75) is 32.4 Å². The normalized spacial score (nSPS) is 14.0. The van der Waals surface area contributed by atoms with Crippen LogP contribution in [0.1, 0.15) is 35.3 Å². The largest absolute Gasteiger partial charge is 0.489 e. The van der Waals surface area contributed by atoms with E-state index in [2.05, 4.69) is 31.0 Å². The first-order valence-electron chi connectivity index (χ1n) is 10.1. The fourth-order valence-electron chi connectivity index (χ4n) is 3.03. The first-order chi connectivity index (χ1) is 15.4. The van der Waals surface area contributed by atoms with E-state index in [0.717, 1.165) is 11.1 Å². The van der Waals surface area contributed by atoms with Gasteiger partial charge in [0.2, 0.25) is 5.91 Å². The average molecular weight is 461 g/mol. The predicted octanol–water partition coefficient (Wildman–Crippen LogP) is 2.38. The molecule has 1 atom stereocenters. The van der Waals surface area contributed by atoms with E-state index in [1.54, 1.807) is 12.1 Å². The van der Waals surface area contributed by atoms with E-state index >= 15 is 0 Å². The molecule has 0 fully saturated rings. The lowest BCUT2D eigenvalue weighted by molar-refractivity contribution is -0.305. The van der Waals surface area contributed by atoms with E-state index in [4.69, 9.17) is 16.3 Å². The average Bonchev–Trinajstić information content (AvgIpc) is 2.80. The Balaban J connectivity index is 1.70. The minimum Gasteiger partial charge on any atom is -0.489 e. The van der Waals surface area contributed by atoms with Gasteiger partial charge in [-0.15, -0.1) is 4.89 Å². The Kier molecular flexibility index (Phi) is 7.91. The third-order valence-electron chi connectivity index (χ3n) is 4.57. The second-order valence-corrected chi connectivity index (χ2v) is 7.71. The Hall–Kier alpha value is -3.30. The number of rotatable bonds is 8. The summed E-state index contributed by atoms with van der Waals surface area (Å²) in [4.78, 5) is 34.4. The minimum absolute atomic E-state index is 0.0435. The van der Waals surface area contributed by atoms with Crippen molar-refractivity contribution >= 4 is 29.3 Å². The third kappa shape index (κ3) is 6.12. The molecule has 1 heterocycles. The van der Waals surface area contributed by atoms with Crippen LogP contribution in [0.4, 0.5) is 0 Å². The summed E-state index contributed by atoms with van der Waals surface area (Å²) in [7, 11) is 1.52. The van der Waals surface area contributed by atoms with E-state index in [-0.39, 0.29) is 18.7 Å². The van der Waals surface area contributed by atoms with Gasteiger partial charge in [0, 0.05) is 24.6 Å². The molecule has 9 nitrogen and oxygen atoms in total. The van der Waals surface area contributed by atoms with E-state index in [0.29, 0.717) is 28.6 Å². The van der Waals surface area contributed by atoms with Crippen LogP contribution in [-0.2, 0) is 21.1 Å². The lowest BCUT2D eigenvalue weighted by Crippen LogP contribution is -2.47. The molecule has 32 heavy (non-hydrogen) atoms. The monoisotopic (exact) mass is 460 g/mol. The van der Waals surface area contributed by atoms with Crippen molar-refractivity contribution in [3.05, 3.63) is 64.2 Å². The van der Waals surface area contributed by atoms with Crippen LogP contribution in [0.25, 0.3) is 0 Å². The van der Waals surface area contributed by atoms with Gasteiger partial charge < -0.3 is 20.7 Å². The fourth-order valence-corrected chi connectivity index (χ4v) is 3.25. The molecule has 0 spiro atoms. The molecule has 3 rings (SSSR count). The summed E-state index contributed by atoms with van der Waals surface area (Å²) in [6.07, 6.45) is 0.256. The molecule has 2 amide bonds.